The summed E-state index contributed by atoms with van der Waals surface area (Å²) in [5.74, 6) is 0.849. The van der Waals surface area contributed by atoms with Crippen molar-refractivity contribution in [1.82, 2.24) is 10.6 Å². The van der Waals surface area contributed by atoms with Gasteiger partial charge in [0.2, 0.25) is 5.91 Å². The van der Waals surface area contributed by atoms with Crippen molar-refractivity contribution in [2.75, 3.05) is 13.1 Å². The van der Waals surface area contributed by atoms with E-state index in [2.05, 4.69) is 38.3 Å². The van der Waals surface area contributed by atoms with E-state index in [-0.39, 0.29) is 5.91 Å². The Balaban J connectivity index is 1.63. The quantitative estimate of drug-likeness (QED) is 0.788. The molecule has 0 radical (unpaired) electrons. The lowest BCUT2D eigenvalue weighted by Crippen LogP contribution is -2.39. The number of nitrogens with one attached hydrogen (secondary N) is 2. The summed E-state index contributed by atoms with van der Waals surface area (Å²) in [6.07, 6.45) is 4.86. The Hall–Kier alpha value is -0.570. The Labute approximate surface area is 111 Å². The number of amides is 1. The summed E-state index contributed by atoms with van der Waals surface area (Å²) in [4.78, 5) is 11.8. The smallest absolute Gasteiger partial charge is 0.234 e. The molecule has 18 heavy (non-hydrogen) atoms. The van der Waals surface area contributed by atoms with Gasteiger partial charge >= 0.3 is 0 Å². The fraction of sp³-hybridized carbons (Fsp3) is 0.933. The first-order chi connectivity index (χ1) is 8.35. The van der Waals surface area contributed by atoms with E-state index >= 15 is 0 Å². The van der Waals surface area contributed by atoms with Crippen LogP contribution in [-0.2, 0) is 4.79 Å². The molecule has 3 heteroatoms. The van der Waals surface area contributed by atoms with Crippen LogP contribution in [0, 0.1) is 16.7 Å². The van der Waals surface area contributed by atoms with Crippen LogP contribution in [0.3, 0.4) is 0 Å². The molecule has 104 valence electrons. The summed E-state index contributed by atoms with van der Waals surface area (Å²) in [5.41, 5.74) is 0.809. The van der Waals surface area contributed by atoms with E-state index in [9.17, 15) is 4.79 Å². The largest absolute Gasteiger partial charge is 0.352 e. The Morgan fingerprint density at radius 2 is 1.67 bits per heavy atom. The number of hydrogen-bond acceptors (Lipinski definition) is 2. The molecule has 0 spiro atoms. The zero-order valence-corrected chi connectivity index (χ0v) is 12.3. The first kappa shape index (κ1) is 13.9. The summed E-state index contributed by atoms with van der Waals surface area (Å²) >= 11 is 0. The molecule has 2 fully saturated rings. The van der Waals surface area contributed by atoms with Gasteiger partial charge in [0.25, 0.3) is 0 Å². The predicted octanol–water partition coefficient (Wildman–Crippen LogP) is 2.32. The first-order valence-electron chi connectivity index (χ1n) is 7.36. The summed E-state index contributed by atoms with van der Waals surface area (Å²) in [6.45, 7) is 10.7. The van der Waals surface area contributed by atoms with E-state index in [1.54, 1.807) is 0 Å². The van der Waals surface area contributed by atoms with Gasteiger partial charge in [-0.3, -0.25) is 4.79 Å². The number of rotatable bonds is 5. The second kappa shape index (κ2) is 4.84. The van der Waals surface area contributed by atoms with Crippen LogP contribution in [-0.4, -0.2) is 25.0 Å². The average molecular weight is 252 g/mol. The van der Waals surface area contributed by atoms with Crippen molar-refractivity contribution in [3.63, 3.8) is 0 Å². The van der Waals surface area contributed by atoms with Crippen molar-refractivity contribution in [2.24, 2.45) is 16.7 Å². The minimum absolute atomic E-state index is 0.165. The highest BCUT2D eigenvalue weighted by Crippen LogP contribution is 2.67. The molecule has 0 aromatic rings. The third-order valence-electron chi connectivity index (χ3n) is 5.67. The van der Waals surface area contributed by atoms with Crippen LogP contribution in [0.2, 0.25) is 0 Å². The maximum atomic E-state index is 11.8. The Bertz CT molecular complexity index is 302. The third kappa shape index (κ3) is 2.56. The van der Waals surface area contributed by atoms with Crippen molar-refractivity contribution in [3.05, 3.63) is 0 Å². The monoisotopic (exact) mass is 252 g/mol. The molecule has 3 nitrogen and oxygen atoms in total. The second-order valence-electron chi connectivity index (χ2n) is 7.18. The molecule has 2 rings (SSSR count). The number of carbonyl (C=O) groups excluding carboxylic acids is 1. The molecule has 0 aromatic heterocycles. The first-order valence-corrected chi connectivity index (χ1v) is 7.36. The highest BCUT2D eigenvalue weighted by atomic mass is 16.1. The van der Waals surface area contributed by atoms with Crippen LogP contribution in [0.4, 0.5) is 0 Å². The van der Waals surface area contributed by atoms with Gasteiger partial charge in [0.05, 0.1) is 6.54 Å². The van der Waals surface area contributed by atoms with Crippen LogP contribution >= 0.6 is 0 Å². The zero-order valence-electron chi connectivity index (χ0n) is 12.3. The minimum Gasteiger partial charge on any atom is -0.352 e. The molecule has 1 amide bonds. The standard InChI is InChI=1S/C15H28N2O/c1-14(2)12(15(14,3)4)9-16-10-13(18)17-11-7-5-6-8-11/h11-12,16H,5-10H2,1-4H3,(H,17,18). The van der Waals surface area contributed by atoms with E-state index in [1.165, 1.54) is 12.8 Å². The van der Waals surface area contributed by atoms with Gasteiger partial charge in [-0.15, -0.1) is 0 Å². The van der Waals surface area contributed by atoms with Crippen LogP contribution in [0.5, 0.6) is 0 Å². The predicted molar refractivity (Wildman–Crippen MR) is 74.3 cm³/mol. The molecular formula is C15H28N2O. The van der Waals surface area contributed by atoms with Gasteiger partial charge in [0.15, 0.2) is 0 Å². The van der Waals surface area contributed by atoms with Crippen molar-refractivity contribution in [3.8, 4) is 0 Å². The summed E-state index contributed by atoms with van der Waals surface area (Å²) in [5, 5.41) is 6.43. The Kier molecular flexibility index (Phi) is 3.72. The topological polar surface area (TPSA) is 41.1 Å². The molecule has 0 aromatic carbocycles. The molecule has 2 aliphatic rings. The minimum atomic E-state index is 0.165. The Morgan fingerprint density at radius 1 is 1.11 bits per heavy atom. The summed E-state index contributed by atoms with van der Waals surface area (Å²) in [6, 6.07) is 0.438. The highest BCUT2D eigenvalue weighted by molar-refractivity contribution is 5.78. The summed E-state index contributed by atoms with van der Waals surface area (Å²) < 4.78 is 0. The van der Waals surface area contributed by atoms with Gasteiger partial charge < -0.3 is 10.6 Å². The van der Waals surface area contributed by atoms with Gasteiger partial charge in [-0.05, 0) is 36.1 Å². The summed E-state index contributed by atoms with van der Waals surface area (Å²) in [7, 11) is 0. The molecule has 0 bridgehead atoms. The average Bonchev–Trinajstić information content (AvgIpc) is 2.68. The molecule has 0 atom stereocenters. The Morgan fingerprint density at radius 3 is 2.17 bits per heavy atom. The number of hydrogen-bond donors (Lipinski definition) is 2. The number of carbonyl (C=O) groups is 1. The van der Waals surface area contributed by atoms with E-state index in [0.717, 1.165) is 19.4 Å². The maximum Gasteiger partial charge on any atom is 0.234 e. The van der Waals surface area contributed by atoms with Crippen LogP contribution in [0.1, 0.15) is 53.4 Å². The lowest BCUT2D eigenvalue weighted by molar-refractivity contribution is -0.120. The van der Waals surface area contributed by atoms with Crippen LogP contribution in [0.25, 0.3) is 0 Å². The lowest BCUT2D eigenvalue weighted by atomic mass is 10.0. The van der Waals surface area contributed by atoms with Gasteiger partial charge in [-0.1, -0.05) is 40.5 Å². The second-order valence-corrected chi connectivity index (χ2v) is 7.18. The van der Waals surface area contributed by atoms with Gasteiger partial charge in [0, 0.05) is 6.04 Å². The van der Waals surface area contributed by atoms with Crippen LogP contribution in [0.15, 0.2) is 0 Å². The van der Waals surface area contributed by atoms with E-state index < -0.39 is 0 Å². The maximum absolute atomic E-state index is 11.8. The van der Waals surface area contributed by atoms with Crippen molar-refractivity contribution >= 4 is 5.91 Å². The van der Waals surface area contributed by atoms with Gasteiger partial charge in [0.1, 0.15) is 0 Å². The van der Waals surface area contributed by atoms with Crippen LogP contribution < -0.4 is 10.6 Å². The van der Waals surface area contributed by atoms with Crippen molar-refractivity contribution in [1.29, 1.82) is 0 Å². The highest BCUT2D eigenvalue weighted by Gasteiger charge is 2.63. The lowest BCUT2D eigenvalue weighted by Gasteiger charge is -2.12. The molecule has 2 N–H and O–H groups in total. The molecule has 2 saturated carbocycles. The van der Waals surface area contributed by atoms with Gasteiger partial charge in [-0.2, -0.15) is 0 Å². The normalized spacial score (nSPS) is 26.2. The zero-order chi connectivity index (χ0) is 13.4. The van der Waals surface area contributed by atoms with E-state index in [1.807, 2.05) is 0 Å². The third-order valence-corrected chi connectivity index (χ3v) is 5.67. The fourth-order valence-corrected chi connectivity index (χ4v) is 3.52. The van der Waals surface area contributed by atoms with E-state index in [4.69, 9.17) is 0 Å². The van der Waals surface area contributed by atoms with E-state index in [0.29, 0.717) is 29.3 Å². The molecule has 0 aliphatic heterocycles. The molecule has 0 unspecified atom stereocenters. The SMILES string of the molecule is CC1(C)C(CNCC(=O)NC2CCCC2)C1(C)C. The molecule has 2 aliphatic carbocycles. The van der Waals surface area contributed by atoms with Crippen molar-refractivity contribution < 1.29 is 4.79 Å². The van der Waals surface area contributed by atoms with Crippen molar-refractivity contribution in [2.45, 2.75) is 59.4 Å². The molecule has 0 saturated heterocycles. The fourth-order valence-electron chi connectivity index (χ4n) is 3.52. The molecular weight excluding hydrogens is 224 g/mol. The van der Waals surface area contributed by atoms with Gasteiger partial charge in [-0.25, -0.2) is 0 Å². The molecule has 0 heterocycles.